The lowest BCUT2D eigenvalue weighted by molar-refractivity contribution is -0.118. The highest BCUT2D eigenvalue weighted by molar-refractivity contribution is 7.14. The number of thiophene rings is 1. The Morgan fingerprint density at radius 1 is 1.32 bits per heavy atom. The van der Waals surface area contributed by atoms with Crippen molar-refractivity contribution < 1.29 is 9.53 Å². The fourth-order valence-electron chi connectivity index (χ4n) is 1.79. The zero-order valence-electron chi connectivity index (χ0n) is 11.8. The van der Waals surface area contributed by atoms with Gasteiger partial charge in [0, 0.05) is 11.5 Å². The van der Waals surface area contributed by atoms with E-state index >= 15 is 0 Å². The molecule has 2 aromatic heterocycles. The van der Waals surface area contributed by atoms with Gasteiger partial charge in [0.25, 0.3) is 5.91 Å². The second kappa shape index (κ2) is 6.67. The topological polar surface area (TPSA) is 64.1 Å². The van der Waals surface area contributed by atoms with Gasteiger partial charge in [0.05, 0.1) is 4.88 Å². The smallest absolute Gasteiger partial charge is 0.264 e. The summed E-state index contributed by atoms with van der Waals surface area (Å²) in [5.41, 5.74) is 1.09. The van der Waals surface area contributed by atoms with Crippen LogP contribution in [0, 0.1) is 6.92 Å². The van der Waals surface area contributed by atoms with E-state index in [0.717, 1.165) is 22.0 Å². The Morgan fingerprint density at radius 3 is 3.00 bits per heavy atom. The van der Waals surface area contributed by atoms with Crippen LogP contribution in [0.3, 0.4) is 0 Å². The highest BCUT2D eigenvalue weighted by atomic mass is 32.1. The van der Waals surface area contributed by atoms with Gasteiger partial charge in [-0.25, -0.2) is 0 Å². The van der Waals surface area contributed by atoms with Crippen molar-refractivity contribution in [2.24, 2.45) is 0 Å². The maximum absolute atomic E-state index is 11.9. The molecular formula is C15H13N3O2S2. The standard InChI is InChI=1S/C15H13N3O2S2/c1-10-4-2-5-11(8-10)20-9-13(19)16-15-17-14(18-22-15)12-6-3-7-21-12/h2-8H,9H2,1H3,(H,16,17,18,19). The van der Waals surface area contributed by atoms with Crippen LogP contribution in [0.15, 0.2) is 41.8 Å². The number of aryl methyl sites for hydroxylation is 1. The van der Waals surface area contributed by atoms with Gasteiger partial charge in [0.2, 0.25) is 5.13 Å². The number of amides is 1. The van der Waals surface area contributed by atoms with Crippen molar-refractivity contribution in [2.75, 3.05) is 11.9 Å². The molecule has 0 bridgehead atoms. The Labute approximate surface area is 135 Å². The molecule has 22 heavy (non-hydrogen) atoms. The van der Waals surface area contributed by atoms with Crippen LogP contribution in [0.5, 0.6) is 5.75 Å². The van der Waals surface area contributed by atoms with Crippen molar-refractivity contribution in [3.8, 4) is 16.5 Å². The first-order valence-electron chi connectivity index (χ1n) is 6.57. The van der Waals surface area contributed by atoms with Crippen LogP contribution in [-0.2, 0) is 4.79 Å². The minimum atomic E-state index is -0.254. The van der Waals surface area contributed by atoms with Gasteiger partial charge < -0.3 is 4.74 Å². The molecule has 7 heteroatoms. The van der Waals surface area contributed by atoms with E-state index in [0.29, 0.717) is 16.7 Å². The number of benzene rings is 1. The van der Waals surface area contributed by atoms with Crippen LogP contribution in [0.25, 0.3) is 10.7 Å². The summed E-state index contributed by atoms with van der Waals surface area (Å²) in [6.07, 6.45) is 0. The Bertz CT molecular complexity index is 769. The number of anilines is 1. The Hall–Kier alpha value is -2.25. The maximum Gasteiger partial charge on any atom is 0.264 e. The summed E-state index contributed by atoms with van der Waals surface area (Å²) in [5.74, 6) is 1.05. The number of nitrogens with one attached hydrogen (secondary N) is 1. The molecule has 1 amide bonds. The van der Waals surface area contributed by atoms with Crippen LogP contribution < -0.4 is 10.1 Å². The molecule has 1 N–H and O–H groups in total. The van der Waals surface area contributed by atoms with E-state index < -0.39 is 0 Å². The second-order valence-electron chi connectivity index (χ2n) is 4.55. The molecule has 112 valence electrons. The number of aromatic nitrogens is 2. The van der Waals surface area contributed by atoms with Gasteiger partial charge in [-0.05, 0) is 36.1 Å². The molecule has 0 spiro atoms. The summed E-state index contributed by atoms with van der Waals surface area (Å²) in [6.45, 7) is 1.91. The van der Waals surface area contributed by atoms with E-state index in [2.05, 4.69) is 14.7 Å². The maximum atomic E-state index is 11.9. The van der Waals surface area contributed by atoms with Crippen LogP contribution in [0.4, 0.5) is 5.13 Å². The van der Waals surface area contributed by atoms with Crippen molar-refractivity contribution in [2.45, 2.75) is 6.92 Å². The quantitative estimate of drug-likeness (QED) is 0.776. The zero-order chi connectivity index (χ0) is 15.4. The number of hydrogen-bond donors (Lipinski definition) is 1. The largest absolute Gasteiger partial charge is 0.484 e. The molecule has 0 atom stereocenters. The molecule has 5 nitrogen and oxygen atoms in total. The first-order valence-corrected chi connectivity index (χ1v) is 8.23. The molecule has 0 radical (unpaired) electrons. The monoisotopic (exact) mass is 331 g/mol. The SMILES string of the molecule is Cc1cccc(OCC(=O)Nc2nc(-c3cccs3)ns2)c1. The summed E-state index contributed by atoms with van der Waals surface area (Å²) >= 11 is 2.72. The average molecular weight is 331 g/mol. The van der Waals surface area contributed by atoms with E-state index in [9.17, 15) is 4.79 Å². The van der Waals surface area contributed by atoms with Gasteiger partial charge in [-0.2, -0.15) is 9.36 Å². The van der Waals surface area contributed by atoms with Gasteiger partial charge in [-0.15, -0.1) is 11.3 Å². The van der Waals surface area contributed by atoms with Crippen molar-refractivity contribution >= 4 is 33.9 Å². The molecule has 0 aliphatic carbocycles. The van der Waals surface area contributed by atoms with Gasteiger partial charge in [0.1, 0.15) is 5.75 Å². The van der Waals surface area contributed by atoms with Gasteiger partial charge >= 0.3 is 0 Å². The number of ether oxygens (including phenoxy) is 1. The molecule has 0 unspecified atom stereocenters. The average Bonchev–Trinajstić information content (AvgIpc) is 3.16. The second-order valence-corrected chi connectivity index (χ2v) is 6.25. The molecule has 0 saturated carbocycles. The van der Waals surface area contributed by atoms with E-state index in [1.54, 1.807) is 11.3 Å². The lowest BCUT2D eigenvalue weighted by Crippen LogP contribution is -2.20. The summed E-state index contributed by atoms with van der Waals surface area (Å²) in [4.78, 5) is 17.1. The molecule has 3 aromatic rings. The van der Waals surface area contributed by atoms with E-state index in [-0.39, 0.29) is 12.5 Å². The number of carbonyl (C=O) groups is 1. The van der Waals surface area contributed by atoms with E-state index in [4.69, 9.17) is 4.74 Å². The van der Waals surface area contributed by atoms with Gasteiger partial charge in [0.15, 0.2) is 12.4 Å². The Morgan fingerprint density at radius 2 is 2.23 bits per heavy atom. The molecular weight excluding hydrogens is 318 g/mol. The van der Waals surface area contributed by atoms with Crippen molar-refractivity contribution in [3.63, 3.8) is 0 Å². The lowest BCUT2D eigenvalue weighted by atomic mass is 10.2. The third-order valence-electron chi connectivity index (χ3n) is 2.77. The van der Waals surface area contributed by atoms with Crippen LogP contribution in [0.1, 0.15) is 5.56 Å². The van der Waals surface area contributed by atoms with E-state index in [1.165, 1.54) is 0 Å². The van der Waals surface area contributed by atoms with Gasteiger partial charge in [-0.3, -0.25) is 10.1 Å². The predicted octanol–water partition coefficient (Wildman–Crippen LogP) is 3.59. The predicted molar refractivity (Wildman–Crippen MR) is 88.5 cm³/mol. The summed E-state index contributed by atoms with van der Waals surface area (Å²) in [7, 11) is 0. The lowest BCUT2D eigenvalue weighted by Gasteiger charge is -2.06. The Balaban J connectivity index is 1.56. The number of rotatable bonds is 5. The fourth-order valence-corrected chi connectivity index (χ4v) is 3.10. The van der Waals surface area contributed by atoms with Crippen LogP contribution >= 0.6 is 22.9 Å². The number of carbonyl (C=O) groups excluding carboxylic acids is 1. The summed E-state index contributed by atoms with van der Waals surface area (Å²) < 4.78 is 9.67. The third-order valence-corrected chi connectivity index (χ3v) is 4.27. The molecule has 0 fully saturated rings. The first-order chi connectivity index (χ1) is 10.7. The number of nitrogens with zero attached hydrogens (tertiary/aromatic N) is 2. The highest BCUT2D eigenvalue weighted by Gasteiger charge is 2.10. The van der Waals surface area contributed by atoms with Gasteiger partial charge in [-0.1, -0.05) is 18.2 Å². The molecule has 3 rings (SSSR count). The molecule has 0 saturated heterocycles. The van der Waals surface area contributed by atoms with Crippen LogP contribution in [0.2, 0.25) is 0 Å². The van der Waals surface area contributed by atoms with Crippen LogP contribution in [-0.4, -0.2) is 21.9 Å². The first kappa shape index (κ1) is 14.7. The van der Waals surface area contributed by atoms with Crippen molar-refractivity contribution in [1.29, 1.82) is 0 Å². The fraction of sp³-hybridized carbons (Fsp3) is 0.133. The zero-order valence-corrected chi connectivity index (χ0v) is 13.4. The molecule has 0 aliphatic heterocycles. The molecule has 2 heterocycles. The molecule has 1 aromatic carbocycles. The summed E-state index contributed by atoms with van der Waals surface area (Å²) in [6, 6.07) is 11.4. The van der Waals surface area contributed by atoms with Crippen molar-refractivity contribution in [1.82, 2.24) is 9.36 Å². The Kier molecular flexibility index (Phi) is 4.45. The normalized spacial score (nSPS) is 10.4. The van der Waals surface area contributed by atoms with E-state index in [1.807, 2.05) is 48.7 Å². The minimum absolute atomic E-state index is 0.0582. The minimum Gasteiger partial charge on any atom is -0.484 e. The molecule has 0 aliphatic rings. The third kappa shape index (κ3) is 3.69. The highest BCUT2D eigenvalue weighted by Crippen LogP contribution is 2.24. The van der Waals surface area contributed by atoms with Crippen molar-refractivity contribution in [3.05, 3.63) is 47.3 Å². The number of hydrogen-bond acceptors (Lipinski definition) is 6. The summed E-state index contributed by atoms with van der Waals surface area (Å²) in [5, 5.41) is 5.13.